The van der Waals surface area contributed by atoms with Gasteiger partial charge in [-0.1, -0.05) is 30.8 Å². The molecule has 2 aromatic rings. The summed E-state index contributed by atoms with van der Waals surface area (Å²) in [5.41, 5.74) is 3.35. The van der Waals surface area contributed by atoms with Crippen LogP contribution in [0.4, 0.5) is 0 Å². The summed E-state index contributed by atoms with van der Waals surface area (Å²) in [5.74, 6) is -0.0395. The Morgan fingerprint density at radius 3 is 2.75 bits per heavy atom. The van der Waals surface area contributed by atoms with Crippen LogP contribution in [0, 0.1) is 13.8 Å². The van der Waals surface area contributed by atoms with Gasteiger partial charge in [0.15, 0.2) is 5.16 Å². The highest BCUT2D eigenvalue weighted by molar-refractivity contribution is 7.99. The minimum absolute atomic E-state index is 0.0211. The summed E-state index contributed by atoms with van der Waals surface area (Å²) in [6.07, 6.45) is 0.744. The third-order valence-corrected chi connectivity index (χ3v) is 4.07. The summed E-state index contributed by atoms with van der Waals surface area (Å²) in [6, 6.07) is 6.05. The van der Waals surface area contributed by atoms with Gasteiger partial charge in [0.1, 0.15) is 5.82 Å². The maximum Gasteiger partial charge on any atom is 0.313 e. The molecular formula is C14H17N3O2S. The largest absolute Gasteiger partial charge is 0.481 e. The van der Waals surface area contributed by atoms with Gasteiger partial charge < -0.3 is 5.11 Å². The third-order valence-electron chi connectivity index (χ3n) is 3.16. The minimum Gasteiger partial charge on any atom is -0.481 e. The number of hydrogen-bond donors (Lipinski definition) is 1. The van der Waals surface area contributed by atoms with Crippen molar-refractivity contribution in [3.63, 3.8) is 0 Å². The lowest BCUT2D eigenvalue weighted by Crippen LogP contribution is -2.06. The van der Waals surface area contributed by atoms with E-state index in [2.05, 4.69) is 30.1 Å². The lowest BCUT2D eigenvalue weighted by atomic mass is 10.1. The Kier molecular flexibility index (Phi) is 4.44. The van der Waals surface area contributed by atoms with Gasteiger partial charge in [-0.3, -0.25) is 9.36 Å². The lowest BCUT2D eigenvalue weighted by Gasteiger charge is -2.13. The zero-order chi connectivity index (χ0) is 14.7. The van der Waals surface area contributed by atoms with Crippen LogP contribution >= 0.6 is 11.8 Å². The molecule has 20 heavy (non-hydrogen) atoms. The first-order chi connectivity index (χ1) is 9.54. The fourth-order valence-electron chi connectivity index (χ4n) is 1.97. The first kappa shape index (κ1) is 14.6. The fourth-order valence-corrected chi connectivity index (χ4v) is 2.65. The Morgan fingerprint density at radius 1 is 1.35 bits per heavy atom. The molecule has 0 aliphatic rings. The van der Waals surface area contributed by atoms with Crippen molar-refractivity contribution in [3.8, 4) is 5.69 Å². The normalized spacial score (nSPS) is 10.8. The average molecular weight is 291 g/mol. The third kappa shape index (κ3) is 2.85. The van der Waals surface area contributed by atoms with Gasteiger partial charge in [0.25, 0.3) is 0 Å². The minimum atomic E-state index is -0.858. The van der Waals surface area contributed by atoms with Gasteiger partial charge in [-0.15, -0.1) is 10.2 Å². The quantitative estimate of drug-likeness (QED) is 0.858. The summed E-state index contributed by atoms with van der Waals surface area (Å²) in [5, 5.41) is 17.7. The lowest BCUT2D eigenvalue weighted by molar-refractivity contribution is -0.133. The van der Waals surface area contributed by atoms with E-state index in [9.17, 15) is 4.79 Å². The summed E-state index contributed by atoms with van der Waals surface area (Å²) in [7, 11) is 0. The molecule has 1 aromatic carbocycles. The Morgan fingerprint density at radius 2 is 2.10 bits per heavy atom. The molecule has 0 atom stereocenters. The number of hydrogen-bond acceptors (Lipinski definition) is 4. The SMILES string of the molecule is CCc1nnc(SCC(=O)O)n1-c1cccc(C)c1C. The average Bonchev–Trinajstić information content (AvgIpc) is 2.82. The number of thioether (sulfide) groups is 1. The Labute approximate surface area is 122 Å². The molecule has 1 aromatic heterocycles. The molecule has 0 aliphatic heterocycles. The highest BCUT2D eigenvalue weighted by Crippen LogP contribution is 2.25. The predicted molar refractivity (Wildman–Crippen MR) is 78.6 cm³/mol. The monoisotopic (exact) mass is 291 g/mol. The van der Waals surface area contributed by atoms with E-state index in [0.29, 0.717) is 5.16 Å². The number of nitrogens with zero attached hydrogens (tertiary/aromatic N) is 3. The second kappa shape index (κ2) is 6.09. The summed E-state index contributed by atoms with van der Waals surface area (Å²) in [6.45, 7) is 6.12. The summed E-state index contributed by atoms with van der Waals surface area (Å²) in [4.78, 5) is 10.7. The van der Waals surface area contributed by atoms with E-state index in [1.54, 1.807) is 0 Å². The molecule has 2 rings (SSSR count). The number of aromatic nitrogens is 3. The number of aryl methyl sites for hydroxylation is 2. The van der Waals surface area contributed by atoms with Crippen molar-refractivity contribution in [1.29, 1.82) is 0 Å². The van der Waals surface area contributed by atoms with Crippen molar-refractivity contribution >= 4 is 17.7 Å². The Balaban J connectivity index is 2.50. The molecule has 0 fully saturated rings. The van der Waals surface area contributed by atoms with Gasteiger partial charge in [0, 0.05) is 6.42 Å². The van der Waals surface area contributed by atoms with Crippen LogP contribution in [0.25, 0.3) is 5.69 Å². The van der Waals surface area contributed by atoms with Crippen LogP contribution in [0.1, 0.15) is 23.9 Å². The zero-order valence-electron chi connectivity index (χ0n) is 11.8. The number of aliphatic carboxylic acids is 1. The molecule has 0 radical (unpaired) electrons. The highest BCUT2D eigenvalue weighted by atomic mass is 32.2. The van der Waals surface area contributed by atoms with Gasteiger partial charge in [0.05, 0.1) is 11.4 Å². The standard InChI is InChI=1S/C14H17N3O2S/c1-4-12-15-16-14(20-8-13(18)19)17(12)11-7-5-6-9(2)10(11)3/h5-7H,4,8H2,1-3H3,(H,18,19). The predicted octanol–water partition coefficient (Wildman–Crippen LogP) is 2.62. The zero-order valence-corrected chi connectivity index (χ0v) is 12.6. The molecular weight excluding hydrogens is 274 g/mol. The molecule has 0 amide bonds. The maximum absolute atomic E-state index is 10.7. The number of benzene rings is 1. The number of carboxylic acid groups (broad SMARTS) is 1. The van der Waals surface area contributed by atoms with Crippen LogP contribution in [-0.4, -0.2) is 31.6 Å². The smallest absolute Gasteiger partial charge is 0.313 e. The van der Waals surface area contributed by atoms with Crippen molar-refractivity contribution in [2.24, 2.45) is 0 Å². The molecule has 5 nitrogen and oxygen atoms in total. The number of rotatable bonds is 5. The molecule has 0 saturated carbocycles. The van der Waals surface area contributed by atoms with Gasteiger partial charge in [-0.2, -0.15) is 0 Å². The van der Waals surface area contributed by atoms with E-state index in [-0.39, 0.29) is 5.75 Å². The van der Waals surface area contributed by atoms with Crippen LogP contribution in [0.3, 0.4) is 0 Å². The van der Waals surface area contributed by atoms with Crippen LogP contribution in [-0.2, 0) is 11.2 Å². The molecule has 0 unspecified atom stereocenters. The second-order valence-corrected chi connectivity index (χ2v) is 5.43. The van der Waals surface area contributed by atoms with Crippen molar-refractivity contribution < 1.29 is 9.90 Å². The molecule has 0 spiro atoms. The van der Waals surface area contributed by atoms with Crippen LogP contribution < -0.4 is 0 Å². The summed E-state index contributed by atoms with van der Waals surface area (Å²) >= 11 is 1.19. The van der Waals surface area contributed by atoms with Gasteiger partial charge >= 0.3 is 5.97 Å². The number of carboxylic acids is 1. The molecule has 0 aliphatic carbocycles. The second-order valence-electron chi connectivity index (χ2n) is 4.49. The van der Waals surface area contributed by atoms with E-state index in [4.69, 9.17) is 5.11 Å². The molecule has 106 valence electrons. The molecule has 0 bridgehead atoms. The summed E-state index contributed by atoms with van der Waals surface area (Å²) < 4.78 is 1.95. The van der Waals surface area contributed by atoms with Crippen molar-refractivity contribution in [3.05, 3.63) is 35.2 Å². The molecule has 1 heterocycles. The van der Waals surface area contributed by atoms with Crippen LogP contribution in [0.2, 0.25) is 0 Å². The van der Waals surface area contributed by atoms with E-state index in [1.807, 2.05) is 23.6 Å². The molecule has 6 heteroatoms. The molecule has 1 N–H and O–H groups in total. The number of carbonyl (C=O) groups is 1. The van der Waals surface area contributed by atoms with E-state index in [1.165, 1.54) is 17.3 Å². The fraction of sp³-hybridized carbons (Fsp3) is 0.357. The highest BCUT2D eigenvalue weighted by Gasteiger charge is 2.16. The van der Waals surface area contributed by atoms with Gasteiger partial charge in [0.2, 0.25) is 0 Å². The van der Waals surface area contributed by atoms with Crippen LogP contribution in [0.15, 0.2) is 23.4 Å². The Hall–Kier alpha value is -1.82. The van der Waals surface area contributed by atoms with E-state index < -0.39 is 5.97 Å². The first-order valence-electron chi connectivity index (χ1n) is 6.40. The first-order valence-corrected chi connectivity index (χ1v) is 7.38. The van der Waals surface area contributed by atoms with Gasteiger partial charge in [-0.05, 0) is 31.0 Å². The van der Waals surface area contributed by atoms with Crippen molar-refractivity contribution in [2.45, 2.75) is 32.3 Å². The van der Waals surface area contributed by atoms with Gasteiger partial charge in [-0.25, -0.2) is 0 Å². The van der Waals surface area contributed by atoms with E-state index in [0.717, 1.165) is 23.5 Å². The van der Waals surface area contributed by atoms with Crippen molar-refractivity contribution in [1.82, 2.24) is 14.8 Å². The topological polar surface area (TPSA) is 68.0 Å². The maximum atomic E-state index is 10.7. The molecule has 0 saturated heterocycles. The van der Waals surface area contributed by atoms with Crippen LogP contribution in [0.5, 0.6) is 0 Å². The van der Waals surface area contributed by atoms with Crippen molar-refractivity contribution in [2.75, 3.05) is 5.75 Å². The van der Waals surface area contributed by atoms with E-state index >= 15 is 0 Å². The Bertz CT molecular complexity index is 637.